The Morgan fingerprint density at radius 2 is 1.84 bits per heavy atom. The molecule has 0 radical (unpaired) electrons. The van der Waals surface area contributed by atoms with Crippen LogP contribution in [0.3, 0.4) is 0 Å². The number of hydrogen-bond acceptors (Lipinski definition) is 6. The number of rotatable bonds is 3. The molecule has 0 aliphatic carbocycles. The summed E-state index contributed by atoms with van der Waals surface area (Å²) in [5, 5.41) is 0.971. The Morgan fingerprint density at radius 3 is 2.58 bits per heavy atom. The third-order valence-electron chi connectivity index (χ3n) is 6.25. The molecule has 1 saturated heterocycles. The number of fused-ring (bicyclic) bond motifs is 2. The molecule has 1 aliphatic rings. The maximum atomic E-state index is 12.9. The summed E-state index contributed by atoms with van der Waals surface area (Å²) in [6, 6.07) is 10.0. The van der Waals surface area contributed by atoms with Crippen molar-refractivity contribution in [3.05, 3.63) is 58.3 Å². The van der Waals surface area contributed by atoms with Crippen molar-refractivity contribution < 1.29 is 4.42 Å². The van der Waals surface area contributed by atoms with Gasteiger partial charge in [-0.05, 0) is 65.0 Å². The van der Waals surface area contributed by atoms with Crippen LogP contribution in [-0.4, -0.2) is 52.5 Å². The van der Waals surface area contributed by atoms with Gasteiger partial charge in [-0.3, -0.25) is 14.2 Å². The smallest absolute Gasteiger partial charge is 0.258 e. The number of aryl methyl sites for hydroxylation is 2. The molecule has 5 rings (SSSR count). The van der Waals surface area contributed by atoms with Gasteiger partial charge < -0.3 is 14.2 Å². The van der Waals surface area contributed by atoms with Crippen LogP contribution in [0.5, 0.6) is 0 Å². The van der Waals surface area contributed by atoms with E-state index in [9.17, 15) is 4.79 Å². The molecular weight excluding hydrogens is 390 g/mol. The zero-order valence-electron chi connectivity index (χ0n) is 18.4. The molecule has 160 valence electrons. The topological polar surface area (TPSA) is 66.9 Å². The van der Waals surface area contributed by atoms with Crippen LogP contribution < -0.4 is 10.5 Å². The summed E-state index contributed by atoms with van der Waals surface area (Å²) in [6.07, 6.45) is 4.15. The lowest BCUT2D eigenvalue weighted by molar-refractivity contribution is 0.249. The number of aromatic nitrogens is 3. The quantitative estimate of drug-likeness (QED) is 0.507. The van der Waals surface area contributed by atoms with Crippen molar-refractivity contribution in [2.24, 2.45) is 0 Å². The summed E-state index contributed by atoms with van der Waals surface area (Å²) >= 11 is 0. The Kier molecular flexibility index (Phi) is 4.78. The summed E-state index contributed by atoms with van der Waals surface area (Å²) in [5.41, 5.74) is 4.60. The van der Waals surface area contributed by atoms with Crippen LogP contribution in [0.4, 0.5) is 5.69 Å². The zero-order chi connectivity index (χ0) is 21.7. The molecule has 4 aromatic heterocycles. The second kappa shape index (κ2) is 7.50. The fraction of sp³-hybridized carbons (Fsp3) is 0.375. The highest BCUT2D eigenvalue weighted by molar-refractivity contribution is 5.84. The van der Waals surface area contributed by atoms with Crippen molar-refractivity contribution in [1.29, 1.82) is 0 Å². The van der Waals surface area contributed by atoms with Crippen LogP contribution >= 0.6 is 0 Å². The van der Waals surface area contributed by atoms with Crippen LogP contribution in [-0.2, 0) is 0 Å². The molecule has 4 aromatic rings. The molecule has 0 atom stereocenters. The van der Waals surface area contributed by atoms with Crippen LogP contribution in [0.2, 0.25) is 0 Å². The van der Waals surface area contributed by atoms with Crippen molar-refractivity contribution in [1.82, 2.24) is 19.3 Å². The van der Waals surface area contributed by atoms with Crippen molar-refractivity contribution in [3.63, 3.8) is 0 Å². The van der Waals surface area contributed by atoms with Crippen molar-refractivity contribution >= 4 is 22.3 Å². The van der Waals surface area contributed by atoms with Crippen LogP contribution in [0, 0.1) is 13.8 Å². The standard InChI is InChI=1S/C24H27N5O2/c1-15-11-17-12-21(31-24(17)16(2)25-15)20-13-23(30)29-14-19(5-6-22(29)26-20)28-9-7-18(8-10-28)27(3)4/h5-6,11-14,18H,7-10H2,1-4H3. The van der Waals surface area contributed by atoms with Crippen LogP contribution in [0.1, 0.15) is 24.2 Å². The van der Waals surface area contributed by atoms with Gasteiger partial charge >= 0.3 is 0 Å². The van der Waals surface area contributed by atoms with E-state index in [4.69, 9.17) is 9.40 Å². The maximum absolute atomic E-state index is 12.9. The Labute approximate surface area is 180 Å². The first-order valence-corrected chi connectivity index (χ1v) is 10.7. The van der Waals surface area contributed by atoms with Crippen molar-refractivity contribution in [3.8, 4) is 11.5 Å². The van der Waals surface area contributed by atoms with Gasteiger partial charge in [0.05, 0.1) is 11.4 Å². The fourth-order valence-corrected chi connectivity index (χ4v) is 4.54. The number of pyridine rings is 2. The third-order valence-corrected chi connectivity index (χ3v) is 6.25. The number of furan rings is 1. The molecule has 5 heterocycles. The third kappa shape index (κ3) is 3.59. The van der Waals surface area contributed by atoms with E-state index in [2.05, 4.69) is 34.9 Å². The van der Waals surface area contributed by atoms with Crippen molar-refractivity contribution in [2.45, 2.75) is 32.7 Å². The first kappa shape index (κ1) is 19.8. The number of piperidine rings is 1. The van der Waals surface area contributed by atoms with Gasteiger partial charge in [-0.15, -0.1) is 0 Å². The van der Waals surface area contributed by atoms with E-state index in [1.165, 1.54) is 0 Å². The molecule has 1 aliphatic heterocycles. The number of hydrogen-bond donors (Lipinski definition) is 0. The second-order valence-electron chi connectivity index (χ2n) is 8.66. The summed E-state index contributed by atoms with van der Waals surface area (Å²) in [7, 11) is 4.28. The minimum Gasteiger partial charge on any atom is -0.453 e. The molecule has 0 saturated carbocycles. The van der Waals surface area contributed by atoms with E-state index < -0.39 is 0 Å². The van der Waals surface area contributed by atoms with E-state index in [0.29, 0.717) is 23.1 Å². The van der Waals surface area contributed by atoms with Crippen molar-refractivity contribution in [2.75, 3.05) is 32.1 Å². The highest BCUT2D eigenvalue weighted by atomic mass is 16.3. The average molecular weight is 418 g/mol. The molecule has 0 spiro atoms. The molecule has 0 unspecified atom stereocenters. The first-order chi connectivity index (χ1) is 14.9. The highest BCUT2D eigenvalue weighted by Crippen LogP contribution is 2.29. The van der Waals surface area contributed by atoms with Crippen LogP contribution in [0.15, 0.2) is 45.7 Å². The minimum atomic E-state index is -0.114. The van der Waals surface area contributed by atoms with Gasteiger partial charge in [-0.2, -0.15) is 0 Å². The van der Waals surface area contributed by atoms with Gasteiger partial charge in [0.25, 0.3) is 5.56 Å². The molecule has 1 fully saturated rings. The van der Waals surface area contributed by atoms with Gasteiger partial charge in [0, 0.05) is 42.5 Å². The van der Waals surface area contributed by atoms with Gasteiger partial charge in [0.1, 0.15) is 11.3 Å². The van der Waals surface area contributed by atoms with Gasteiger partial charge in [-0.25, -0.2) is 4.98 Å². The molecule has 0 N–H and O–H groups in total. The first-order valence-electron chi connectivity index (χ1n) is 10.7. The monoisotopic (exact) mass is 417 g/mol. The highest BCUT2D eigenvalue weighted by Gasteiger charge is 2.21. The molecular formula is C24H27N5O2. The largest absolute Gasteiger partial charge is 0.453 e. The summed E-state index contributed by atoms with van der Waals surface area (Å²) in [6.45, 7) is 5.86. The maximum Gasteiger partial charge on any atom is 0.258 e. The summed E-state index contributed by atoms with van der Waals surface area (Å²) in [5.74, 6) is 0.583. The minimum absolute atomic E-state index is 0.114. The lowest BCUT2D eigenvalue weighted by Crippen LogP contribution is -2.42. The Hall–Kier alpha value is -3.19. The Morgan fingerprint density at radius 1 is 1.06 bits per heavy atom. The van der Waals surface area contributed by atoms with Gasteiger partial charge in [0.15, 0.2) is 11.3 Å². The van der Waals surface area contributed by atoms with E-state index >= 15 is 0 Å². The van der Waals surface area contributed by atoms with Gasteiger partial charge in [0.2, 0.25) is 0 Å². The lowest BCUT2D eigenvalue weighted by Gasteiger charge is -2.36. The van der Waals surface area contributed by atoms with E-state index in [1.54, 1.807) is 10.5 Å². The molecule has 31 heavy (non-hydrogen) atoms. The van der Waals surface area contributed by atoms with Gasteiger partial charge in [-0.1, -0.05) is 0 Å². The predicted octanol–water partition coefficient (Wildman–Crippen LogP) is 3.65. The lowest BCUT2D eigenvalue weighted by atomic mass is 10.0. The molecule has 0 aromatic carbocycles. The van der Waals surface area contributed by atoms with E-state index in [-0.39, 0.29) is 5.56 Å². The number of anilines is 1. The predicted molar refractivity (Wildman–Crippen MR) is 123 cm³/mol. The number of nitrogens with zero attached hydrogens (tertiary/aromatic N) is 5. The Balaban J connectivity index is 1.49. The Bertz CT molecular complexity index is 1330. The molecule has 7 heteroatoms. The van der Waals surface area contributed by atoms with E-state index in [1.807, 2.05) is 38.2 Å². The average Bonchev–Trinajstić information content (AvgIpc) is 3.18. The summed E-state index contributed by atoms with van der Waals surface area (Å²) in [4.78, 5) is 26.7. The SMILES string of the molecule is Cc1cc2cc(-c3cc(=O)n4cc(N5CCC(N(C)C)CC5)ccc4n3)oc2c(C)n1. The van der Waals surface area contributed by atoms with E-state index in [0.717, 1.165) is 54.0 Å². The van der Waals surface area contributed by atoms with Crippen LogP contribution in [0.25, 0.3) is 28.1 Å². The fourth-order valence-electron chi connectivity index (χ4n) is 4.54. The molecule has 0 bridgehead atoms. The summed E-state index contributed by atoms with van der Waals surface area (Å²) < 4.78 is 7.63. The molecule has 0 amide bonds. The molecule has 7 nitrogen and oxygen atoms in total. The zero-order valence-corrected chi connectivity index (χ0v) is 18.4. The normalized spacial score (nSPS) is 15.5. The second-order valence-corrected chi connectivity index (χ2v) is 8.66.